The minimum atomic E-state index is -0.738. The Morgan fingerprint density at radius 2 is 1.94 bits per heavy atom. The summed E-state index contributed by atoms with van der Waals surface area (Å²) in [5, 5.41) is 2.68. The highest BCUT2D eigenvalue weighted by molar-refractivity contribution is 7.09. The van der Waals surface area contributed by atoms with Gasteiger partial charge < -0.3 is 19.3 Å². The number of aromatic nitrogens is 1. The molecule has 0 unspecified atom stereocenters. The summed E-state index contributed by atoms with van der Waals surface area (Å²) in [6, 6.07) is 15.1. The number of benzene rings is 2. The van der Waals surface area contributed by atoms with Crippen molar-refractivity contribution in [2.75, 3.05) is 25.5 Å². The maximum absolute atomic E-state index is 13.2. The van der Waals surface area contributed by atoms with Crippen LogP contribution in [0.15, 0.2) is 53.9 Å². The molecule has 0 bridgehead atoms. The zero-order chi connectivity index (χ0) is 22.7. The van der Waals surface area contributed by atoms with Gasteiger partial charge in [0.15, 0.2) is 6.10 Å². The summed E-state index contributed by atoms with van der Waals surface area (Å²) in [5.41, 5.74) is 2.52. The highest BCUT2D eigenvalue weighted by atomic mass is 32.1. The number of aryl methyl sites for hydroxylation is 1. The van der Waals surface area contributed by atoms with Gasteiger partial charge in [-0.1, -0.05) is 29.8 Å². The van der Waals surface area contributed by atoms with Crippen LogP contribution in [0.25, 0.3) is 0 Å². The summed E-state index contributed by atoms with van der Waals surface area (Å²) >= 11 is 1.46. The average Bonchev–Trinajstić information content (AvgIpc) is 3.24. The first-order valence-electron chi connectivity index (χ1n) is 10.3. The molecule has 32 heavy (non-hydrogen) atoms. The predicted octanol–water partition coefficient (Wildman–Crippen LogP) is 3.46. The highest BCUT2D eigenvalue weighted by Crippen LogP contribution is 2.34. The number of anilines is 1. The zero-order valence-corrected chi connectivity index (χ0v) is 19.1. The molecular weight excluding hydrogens is 426 g/mol. The van der Waals surface area contributed by atoms with Crippen LogP contribution < -0.4 is 14.4 Å². The summed E-state index contributed by atoms with van der Waals surface area (Å²) in [6.07, 6.45) is -0.601. The Hall–Kier alpha value is -3.39. The molecule has 3 aromatic rings. The average molecular weight is 452 g/mol. The van der Waals surface area contributed by atoms with Gasteiger partial charge in [0.25, 0.3) is 5.91 Å². The molecule has 8 heteroatoms. The minimum absolute atomic E-state index is 0.131. The van der Waals surface area contributed by atoms with Gasteiger partial charge >= 0.3 is 0 Å². The lowest BCUT2D eigenvalue weighted by atomic mass is 10.1. The predicted molar refractivity (Wildman–Crippen MR) is 123 cm³/mol. The first-order valence-corrected chi connectivity index (χ1v) is 11.2. The van der Waals surface area contributed by atoms with Gasteiger partial charge in [-0.05, 0) is 31.2 Å². The van der Waals surface area contributed by atoms with Crippen molar-refractivity contribution in [3.05, 3.63) is 70.2 Å². The second kappa shape index (κ2) is 9.40. The van der Waals surface area contributed by atoms with Crippen LogP contribution in [-0.2, 0) is 22.6 Å². The number of rotatable bonds is 6. The molecule has 0 radical (unpaired) electrons. The lowest BCUT2D eigenvalue weighted by Crippen LogP contribution is -2.50. The number of para-hydroxylation sites is 2. The number of amides is 2. The molecule has 1 aliphatic heterocycles. The van der Waals surface area contributed by atoms with E-state index in [-0.39, 0.29) is 24.8 Å². The van der Waals surface area contributed by atoms with Crippen molar-refractivity contribution in [1.82, 2.24) is 9.88 Å². The highest BCUT2D eigenvalue weighted by Gasteiger charge is 2.34. The van der Waals surface area contributed by atoms with Crippen molar-refractivity contribution >= 4 is 28.8 Å². The van der Waals surface area contributed by atoms with Crippen LogP contribution in [0, 0.1) is 6.92 Å². The summed E-state index contributed by atoms with van der Waals surface area (Å²) in [4.78, 5) is 33.3. The van der Waals surface area contributed by atoms with Gasteiger partial charge in [-0.25, -0.2) is 4.98 Å². The van der Waals surface area contributed by atoms with Crippen LogP contribution in [0.3, 0.4) is 0 Å². The smallest absolute Gasteiger partial charge is 0.265 e. The fourth-order valence-electron chi connectivity index (χ4n) is 3.41. The van der Waals surface area contributed by atoms with E-state index in [9.17, 15) is 9.59 Å². The van der Waals surface area contributed by atoms with Crippen molar-refractivity contribution < 1.29 is 19.1 Å². The van der Waals surface area contributed by atoms with E-state index in [1.165, 1.54) is 21.8 Å². The number of thiazole rings is 1. The second-order valence-electron chi connectivity index (χ2n) is 7.82. The van der Waals surface area contributed by atoms with Gasteiger partial charge in [-0.15, -0.1) is 11.3 Å². The van der Waals surface area contributed by atoms with Crippen molar-refractivity contribution in [3.63, 3.8) is 0 Å². The first-order chi connectivity index (χ1) is 15.4. The van der Waals surface area contributed by atoms with Crippen LogP contribution in [-0.4, -0.2) is 48.4 Å². The topological polar surface area (TPSA) is 72.0 Å². The summed E-state index contributed by atoms with van der Waals surface area (Å²) < 4.78 is 11.6. The van der Waals surface area contributed by atoms with E-state index in [1.807, 2.05) is 54.8 Å². The number of likely N-dealkylation sites (N-methyl/N-ethyl adjacent to an activating group) is 1. The third-order valence-corrected chi connectivity index (χ3v) is 5.98. The minimum Gasteiger partial charge on any atom is -0.486 e. The van der Waals surface area contributed by atoms with E-state index in [0.717, 1.165) is 10.8 Å². The monoisotopic (exact) mass is 451 g/mol. The molecule has 2 heterocycles. The van der Waals surface area contributed by atoms with E-state index in [4.69, 9.17) is 9.47 Å². The molecule has 1 aliphatic rings. The van der Waals surface area contributed by atoms with Gasteiger partial charge in [-0.3, -0.25) is 9.59 Å². The Morgan fingerprint density at radius 3 is 2.69 bits per heavy atom. The molecule has 0 spiro atoms. The van der Waals surface area contributed by atoms with Crippen LogP contribution in [0.4, 0.5) is 5.69 Å². The largest absolute Gasteiger partial charge is 0.486 e. The fraction of sp³-hybridized carbons (Fsp3) is 0.292. The number of fused-ring (bicyclic) bond motifs is 1. The van der Waals surface area contributed by atoms with Gasteiger partial charge in [0, 0.05) is 19.5 Å². The molecule has 1 aromatic heterocycles. The van der Waals surface area contributed by atoms with Gasteiger partial charge in [0.2, 0.25) is 5.91 Å². The molecule has 2 amide bonds. The van der Waals surface area contributed by atoms with Gasteiger partial charge in [-0.2, -0.15) is 0 Å². The Kier molecular flexibility index (Phi) is 6.41. The molecule has 7 nitrogen and oxygen atoms in total. The molecular formula is C24H25N3O4S. The Bertz CT molecular complexity index is 1110. The van der Waals surface area contributed by atoms with Crippen molar-refractivity contribution in [1.29, 1.82) is 0 Å². The molecule has 0 fully saturated rings. The van der Waals surface area contributed by atoms with Crippen LogP contribution in [0.2, 0.25) is 0 Å². The SMILES string of the molecule is Cc1ccc(OCc2nc(CC(=O)N3C[C@@H](C(=O)N(C)C)Oc4ccccc43)cs2)cc1. The molecule has 0 saturated heterocycles. The lowest BCUT2D eigenvalue weighted by molar-refractivity contribution is -0.136. The maximum Gasteiger partial charge on any atom is 0.265 e. The molecule has 166 valence electrons. The van der Waals surface area contributed by atoms with E-state index >= 15 is 0 Å². The number of carbonyl (C=O) groups is 2. The number of carbonyl (C=O) groups excluding carboxylic acids is 2. The summed E-state index contributed by atoms with van der Waals surface area (Å²) in [7, 11) is 3.35. The Morgan fingerprint density at radius 1 is 1.19 bits per heavy atom. The van der Waals surface area contributed by atoms with E-state index in [2.05, 4.69) is 4.98 Å². The summed E-state index contributed by atoms with van der Waals surface area (Å²) in [6.45, 7) is 2.54. The number of hydrogen-bond acceptors (Lipinski definition) is 6. The van der Waals surface area contributed by atoms with Crippen molar-refractivity contribution in [3.8, 4) is 11.5 Å². The lowest BCUT2D eigenvalue weighted by Gasteiger charge is -2.35. The molecule has 2 aromatic carbocycles. The van der Waals surface area contributed by atoms with Crippen molar-refractivity contribution in [2.45, 2.75) is 26.1 Å². The third-order valence-electron chi connectivity index (χ3n) is 5.11. The number of hydrogen-bond donors (Lipinski definition) is 0. The van der Waals surface area contributed by atoms with Gasteiger partial charge in [0.1, 0.15) is 23.1 Å². The van der Waals surface area contributed by atoms with E-state index in [1.54, 1.807) is 25.1 Å². The van der Waals surface area contributed by atoms with E-state index < -0.39 is 6.10 Å². The summed E-state index contributed by atoms with van der Waals surface area (Å²) in [5.74, 6) is 0.998. The molecule has 0 aliphatic carbocycles. The van der Waals surface area contributed by atoms with Crippen molar-refractivity contribution in [2.24, 2.45) is 0 Å². The van der Waals surface area contributed by atoms with Crippen LogP contribution in [0.1, 0.15) is 16.3 Å². The third kappa shape index (κ3) is 4.91. The molecule has 0 saturated carbocycles. The Labute approximate surface area is 191 Å². The quantitative estimate of drug-likeness (QED) is 0.574. The zero-order valence-electron chi connectivity index (χ0n) is 18.3. The molecule has 1 atom stereocenters. The number of nitrogens with zero attached hydrogens (tertiary/aromatic N) is 3. The standard InChI is InChI=1S/C24H25N3O4S/c1-16-8-10-18(11-9-16)30-14-22-25-17(15-32-22)12-23(28)27-13-21(24(29)26(2)3)31-20-7-5-4-6-19(20)27/h4-11,15,21H,12-14H2,1-3H3/t21-/m0/s1. The Balaban J connectivity index is 1.44. The maximum atomic E-state index is 13.2. The second-order valence-corrected chi connectivity index (χ2v) is 8.76. The normalized spacial score (nSPS) is 15.0. The molecule has 0 N–H and O–H groups in total. The van der Waals surface area contributed by atoms with Crippen LogP contribution >= 0.6 is 11.3 Å². The van der Waals surface area contributed by atoms with Crippen LogP contribution in [0.5, 0.6) is 11.5 Å². The first kappa shape index (κ1) is 21.8. The number of ether oxygens (including phenoxy) is 2. The van der Waals surface area contributed by atoms with E-state index in [0.29, 0.717) is 23.7 Å². The fourth-order valence-corrected chi connectivity index (χ4v) is 4.12. The molecule has 4 rings (SSSR count). The van der Waals surface area contributed by atoms with Gasteiger partial charge in [0.05, 0.1) is 24.3 Å².